The average molecular weight is 267 g/mol. The first-order valence-corrected chi connectivity index (χ1v) is 4.97. The number of amides is 1. The zero-order valence-electron chi connectivity index (χ0n) is 7.57. The number of carbonyl (C=O) groups excluding carboxylic acids is 1. The molecule has 2 rings (SSSR count). The van der Waals surface area contributed by atoms with Gasteiger partial charge in [0.05, 0.1) is 6.20 Å². The van der Waals surface area contributed by atoms with E-state index in [-0.39, 0.29) is 5.91 Å². The highest BCUT2D eigenvalue weighted by atomic mass is 79.9. The Morgan fingerprint density at radius 2 is 2.27 bits per heavy atom. The van der Waals surface area contributed by atoms with Crippen molar-refractivity contribution in [1.29, 1.82) is 0 Å². The van der Waals surface area contributed by atoms with Gasteiger partial charge in [0, 0.05) is 16.7 Å². The fourth-order valence-corrected chi connectivity index (χ4v) is 1.26. The van der Waals surface area contributed by atoms with E-state index in [0.717, 1.165) is 4.47 Å². The Morgan fingerprint density at radius 1 is 1.40 bits per heavy atom. The van der Waals surface area contributed by atoms with E-state index in [1.165, 1.54) is 0 Å². The normalized spacial score (nSPS) is 9.93. The molecule has 2 heterocycles. The topological polar surface area (TPSA) is 70.7 Å². The second-order valence-electron chi connectivity index (χ2n) is 2.79. The monoisotopic (exact) mass is 266 g/mol. The van der Waals surface area contributed by atoms with Gasteiger partial charge in [-0.05, 0) is 28.1 Å². The van der Waals surface area contributed by atoms with E-state index in [9.17, 15) is 4.79 Å². The number of anilines is 1. The molecule has 0 aliphatic carbocycles. The zero-order chi connectivity index (χ0) is 10.7. The zero-order valence-corrected chi connectivity index (χ0v) is 9.15. The van der Waals surface area contributed by atoms with Gasteiger partial charge in [-0.25, -0.2) is 4.98 Å². The number of hydrogen-bond acceptors (Lipinski definition) is 3. The first-order chi connectivity index (χ1) is 7.25. The molecule has 2 N–H and O–H groups in total. The maximum atomic E-state index is 11.6. The number of hydrogen-bond donors (Lipinski definition) is 2. The smallest absolute Gasteiger partial charge is 0.275 e. The molecule has 0 atom stereocenters. The van der Waals surface area contributed by atoms with Crippen LogP contribution in [0.25, 0.3) is 0 Å². The summed E-state index contributed by atoms with van der Waals surface area (Å²) in [7, 11) is 0. The van der Waals surface area contributed by atoms with E-state index < -0.39 is 0 Å². The third-order valence-electron chi connectivity index (χ3n) is 1.71. The molecule has 0 unspecified atom stereocenters. The highest BCUT2D eigenvalue weighted by Crippen LogP contribution is 2.08. The molecule has 0 aliphatic rings. The lowest BCUT2D eigenvalue weighted by Gasteiger charge is -2.00. The van der Waals surface area contributed by atoms with Crippen LogP contribution in [0, 0.1) is 0 Å². The number of aromatic nitrogens is 3. The van der Waals surface area contributed by atoms with Crippen LogP contribution >= 0.6 is 15.9 Å². The predicted molar refractivity (Wildman–Crippen MR) is 58.5 cm³/mol. The molecule has 76 valence electrons. The summed E-state index contributed by atoms with van der Waals surface area (Å²) in [5, 5.41) is 8.97. The van der Waals surface area contributed by atoms with E-state index in [0.29, 0.717) is 11.5 Å². The number of carbonyl (C=O) groups is 1. The molecular weight excluding hydrogens is 260 g/mol. The molecule has 15 heavy (non-hydrogen) atoms. The fourth-order valence-electron chi connectivity index (χ4n) is 1.02. The molecule has 0 saturated carbocycles. The molecule has 6 heteroatoms. The van der Waals surface area contributed by atoms with E-state index in [4.69, 9.17) is 0 Å². The van der Waals surface area contributed by atoms with Crippen LogP contribution in [0.5, 0.6) is 0 Å². The largest absolute Gasteiger partial charge is 0.306 e. The fraction of sp³-hybridized carbons (Fsp3) is 0. The Kier molecular flexibility index (Phi) is 2.77. The van der Waals surface area contributed by atoms with E-state index in [1.807, 2.05) is 0 Å². The van der Waals surface area contributed by atoms with Gasteiger partial charge in [0.1, 0.15) is 11.5 Å². The lowest BCUT2D eigenvalue weighted by atomic mass is 10.3. The van der Waals surface area contributed by atoms with Gasteiger partial charge in [0.15, 0.2) is 0 Å². The van der Waals surface area contributed by atoms with E-state index in [2.05, 4.69) is 36.4 Å². The lowest BCUT2D eigenvalue weighted by Crippen LogP contribution is -2.13. The van der Waals surface area contributed by atoms with Gasteiger partial charge in [-0.1, -0.05) is 0 Å². The summed E-state index contributed by atoms with van der Waals surface area (Å²) in [6, 6.07) is 5.06. The molecule has 5 nitrogen and oxygen atoms in total. The van der Waals surface area contributed by atoms with Gasteiger partial charge in [0.25, 0.3) is 5.91 Å². The van der Waals surface area contributed by atoms with Crippen molar-refractivity contribution in [3.63, 3.8) is 0 Å². The Balaban J connectivity index is 2.11. The van der Waals surface area contributed by atoms with E-state index >= 15 is 0 Å². The summed E-state index contributed by atoms with van der Waals surface area (Å²) in [4.78, 5) is 15.6. The van der Waals surface area contributed by atoms with Crippen LogP contribution in [0.1, 0.15) is 10.5 Å². The van der Waals surface area contributed by atoms with Crippen molar-refractivity contribution in [1.82, 2.24) is 15.2 Å². The maximum absolute atomic E-state index is 11.6. The van der Waals surface area contributed by atoms with Crippen LogP contribution in [0.4, 0.5) is 5.82 Å². The van der Waals surface area contributed by atoms with Crippen LogP contribution in [-0.2, 0) is 0 Å². The van der Waals surface area contributed by atoms with Crippen molar-refractivity contribution in [3.8, 4) is 0 Å². The van der Waals surface area contributed by atoms with Crippen molar-refractivity contribution in [2.24, 2.45) is 0 Å². The number of aromatic amines is 1. The number of pyridine rings is 1. The third-order valence-corrected chi connectivity index (χ3v) is 2.18. The van der Waals surface area contributed by atoms with Crippen LogP contribution in [-0.4, -0.2) is 21.1 Å². The minimum Gasteiger partial charge on any atom is -0.306 e. The summed E-state index contributed by atoms with van der Waals surface area (Å²) in [5.41, 5.74) is 0.354. The molecule has 0 bridgehead atoms. The first kappa shape index (κ1) is 9.85. The summed E-state index contributed by atoms with van der Waals surface area (Å²) in [6.07, 6.45) is 3.13. The number of H-pyrrole nitrogens is 1. The predicted octanol–water partition coefficient (Wildman–Crippen LogP) is 1.82. The standard InChI is InChI=1S/C9H7BrN4O/c10-6-1-2-7(11-5-6)9(15)13-8-3-4-12-14-8/h1-5H,(H2,12,13,14,15). The van der Waals surface area contributed by atoms with Crippen LogP contribution in [0.15, 0.2) is 35.1 Å². The Bertz CT molecular complexity index is 451. The molecule has 2 aromatic rings. The van der Waals surface area contributed by atoms with Gasteiger partial charge in [-0.3, -0.25) is 9.89 Å². The molecule has 2 aromatic heterocycles. The second-order valence-corrected chi connectivity index (χ2v) is 3.70. The summed E-state index contributed by atoms with van der Waals surface area (Å²) in [5.74, 6) is 0.275. The maximum Gasteiger partial charge on any atom is 0.275 e. The third kappa shape index (κ3) is 2.41. The molecule has 0 saturated heterocycles. The Morgan fingerprint density at radius 3 is 2.87 bits per heavy atom. The van der Waals surface area contributed by atoms with Crippen LogP contribution < -0.4 is 5.32 Å². The number of halogens is 1. The molecule has 0 radical (unpaired) electrons. The van der Waals surface area contributed by atoms with Gasteiger partial charge in [-0.15, -0.1) is 0 Å². The first-order valence-electron chi connectivity index (χ1n) is 4.18. The van der Waals surface area contributed by atoms with Crippen LogP contribution in [0.3, 0.4) is 0 Å². The molecule has 0 spiro atoms. The van der Waals surface area contributed by atoms with E-state index in [1.54, 1.807) is 30.6 Å². The highest BCUT2D eigenvalue weighted by molar-refractivity contribution is 9.10. The summed E-state index contributed by atoms with van der Waals surface area (Å²) in [6.45, 7) is 0. The number of nitrogens with zero attached hydrogens (tertiary/aromatic N) is 2. The summed E-state index contributed by atoms with van der Waals surface area (Å²) < 4.78 is 0.834. The van der Waals surface area contributed by atoms with Crippen molar-refractivity contribution in [2.75, 3.05) is 5.32 Å². The molecule has 0 aliphatic heterocycles. The quantitative estimate of drug-likeness (QED) is 0.871. The van der Waals surface area contributed by atoms with Gasteiger partial charge in [-0.2, -0.15) is 5.10 Å². The molecular formula is C9H7BrN4O. The number of nitrogens with one attached hydrogen (secondary N) is 2. The SMILES string of the molecule is O=C(Nc1ccn[nH]1)c1ccc(Br)cn1. The van der Waals surface area contributed by atoms with Gasteiger partial charge < -0.3 is 5.32 Å². The van der Waals surface area contributed by atoms with Crippen molar-refractivity contribution in [2.45, 2.75) is 0 Å². The Hall–Kier alpha value is -1.69. The molecule has 0 aromatic carbocycles. The molecule has 1 amide bonds. The minimum atomic E-state index is -0.272. The van der Waals surface area contributed by atoms with Crippen molar-refractivity contribution < 1.29 is 4.79 Å². The van der Waals surface area contributed by atoms with Gasteiger partial charge in [0.2, 0.25) is 0 Å². The van der Waals surface area contributed by atoms with Crippen LogP contribution in [0.2, 0.25) is 0 Å². The lowest BCUT2D eigenvalue weighted by molar-refractivity contribution is 0.102. The van der Waals surface area contributed by atoms with Crippen molar-refractivity contribution in [3.05, 3.63) is 40.8 Å². The van der Waals surface area contributed by atoms with Crippen molar-refractivity contribution >= 4 is 27.7 Å². The molecule has 0 fully saturated rings. The average Bonchev–Trinajstić information content (AvgIpc) is 2.71. The second kappa shape index (κ2) is 4.22. The Labute approximate surface area is 94.0 Å². The number of rotatable bonds is 2. The van der Waals surface area contributed by atoms with Gasteiger partial charge >= 0.3 is 0 Å². The summed E-state index contributed by atoms with van der Waals surface area (Å²) >= 11 is 3.24. The minimum absolute atomic E-state index is 0.272. The highest BCUT2D eigenvalue weighted by Gasteiger charge is 2.07.